The van der Waals surface area contributed by atoms with Gasteiger partial charge in [-0.15, -0.1) is 0 Å². The number of aromatic nitrogens is 1. The van der Waals surface area contributed by atoms with Crippen LogP contribution in [0.15, 0.2) is 41.5 Å². The number of aliphatic hydroxyl groups excluding tert-OH is 1. The molecule has 3 heteroatoms. The summed E-state index contributed by atoms with van der Waals surface area (Å²) < 4.78 is 1.92. The molecule has 0 amide bonds. The molecule has 1 aromatic heterocycles. The molecule has 0 fully saturated rings. The molecule has 1 aliphatic rings. The third-order valence-corrected chi connectivity index (χ3v) is 2.24. The van der Waals surface area contributed by atoms with Gasteiger partial charge in [0.05, 0.1) is 12.1 Å². The molecule has 1 N–H and O–H groups in total. The highest BCUT2D eigenvalue weighted by atomic mass is 16.3. The fourth-order valence-electron chi connectivity index (χ4n) is 1.53. The summed E-state index contributed by atoms with van der Waals surface area (Å²) in [6.07, 6.45) is 7.58. The van der Waals surface area contributed by atoms with E-state index in [9.17, 15) is 9.90 Å². The van der Waals surface area contributed by atoms with Crippen molar-refractivity contribution in [2.24, 2.45) is 0 Å². The maximum absolute atomic E-state index is 10.8. The molecule has 0 aliphatic heterocycles. The summed E-state index contributed by atoms with van der Waals surface area (Å²) in [5, 5.41) is 9.25. The lowest BCUT2D eigenvalue weighted by Gasteiger charge is -2.12. The van der Waals surface area contributed by atoms with E-state index in [1.54, 1.807) is 18.5 Å². The lowest BCUT2D eigenvalue weighted by molar-refractivity contribution is 0.210. The molecule has 2 rings (SSSR count). The molecule has 1 aliphatic carbocycles. The molecule has 1 aromatic rings. The summed E-state index contributed by atoms with van der Waals surface area (Å²) in [4.78, 5) is 10.8. The van der Waals surface area contributed by atoms with Crippen LogP contribution in [0.25, 0.3) is 0 Å². The number of allylic oxidation sites excluding steroid dienone is 1. The fraction of sp³-hybridized carbons (Fsp3) is 0.300. The molecule has 0 spiro atoms. The Bertz CT molecular complexity index is 360. The van der Waals surface area contributed by atoms with Gasteiger partial charge in [-0.2, -0.15) is 0 Å². The van der Waals surface area contributed by atoms with Crippen molar-refractivity contribution >= 4 is 0 Å². The average molecular weight is 177 g/mol. The quantitative estimate of drug-likeness (QED) is 0.642. The number of hydrogen-bond acceptors (Lipinski definition) is 2. The van der Waals surface area contributed by atoms with E-state index in [4.69, 9.17) is 0 Å². The maximum Gasteiger partial charge on any atom is 0.181 e. The molecule has 1 heterocycles. The van der Waals surface area contributed by atoms with Crippen LogP contribution in [-0.2, 0) is 0 Å². The first-order valence-corrected chi connectivity index (χ1v) is 4.30. The molecule has 2 atom stereocenters. The van der Waals surface area contributed by atoms with Crippen molar-refractivity contribution < 1.29 is 5.11 Å². The van der Waals surface area contributed by atoms with E-state index in [1.165, 1.54) is 12.1 Å². The largest absolute Gasteiger partial charge is 0.389 e. The molecular weight excluding hydrogens is 166 g/mol. The van der Waals surface area contributed by atoms with E-state index in [0.717, 1.165) is 0 Å². The van der Waals surface area contributed by atoms with E-state index >= 15 is 0 Å². The Labute approximate surface area is 75.9 Å². The van der Waals surface area contributed by atoms with Crippen LogP contribution >= 0.6 is 0 Å². The highest BCUT2D eigenvalue weighted by Gasteiger charge is 2.16. The number of rotatable bonds is 1. The third kappa shape index (κ3) is 1.70. The second-order valence-corrected chi connectivity index (χ2v) is 3.24. The molecule has 0 saturated heterocycles. The lowest BCUT2D eigenvalue weighted by atomic mass is 10.2. The zero-order chi connectivity index (χ0) is 9.26. The Morgan fingerprint density at radius 1 is 1.31 bits per heavy atom. The Morgan fingerprint density at radius 2 is 2.00 bits per heavy atom. The first kappa shape index (κ1) is 8.26. The summed E-state index contributed by atoms with van der Waals surface area (Å²) in [5.41, 5.74) is 0.0128. The van der Waals surface area contributed by atoms with Crippen molar-refractivity contribution in [1.29, 1.82) is 0 Å². The van der Waals surface area contributed by atoms with Crippen molar-refractivity contribution in [2.45, 2.75) is 18.6 Å². The average Bonchev–Trinajstić information content (AvgIpc) is 2.53. The SMILES string of the molecule is O=c1ccn(C2C=CC(O)C2)cc1. The molecule has 3 nitrogen and oxygen atoms in total. The predicted octanol–water partition coefficient (Wildman–Crippen LogP) is 0.710. The summed E-state index contributed by atoms with van der Waals surface area (Å²) in [6.45, 7) is 0. The lowest BCUT2D eigenvalue weighted by Crippen LogP contribution is -2.10. The van der Waals surface area contributed by atoms with Crippen molar-refractivity contribution in [3.05, 3.63) is 46.9 Å². The van der Waals surface area contributed by atoms with E-state index in [1.807, 2.05) is 10.6 Å². The predicted molar refractivity (Wildman–Crippen MR) is 49.5 cm³/mol. The van der Waals surface area contributed by atoms with Crippen LogP contribution in [0.3, 0.4) is 0 Å². The van der Waals surface area contributed by atoms with Gasteiger partial charge >= 0.3 is 0 Å². The van der Waals surface area contributed by atoms with Crippen LogP contribution in [0.2, 0.25) is 0 Å². The second kappa shape index (κ2) is 3.18. The van der Waals surface area contributed by atoms with Crippen LogP contribution in [0.4, 0.5) is 0 Å². The van der Waals surface area contributed by atoms with E-state index < -0.39 is 0 Å². The summed E-state index contributed by atoms with van der Waals surface area (Å²) in [6, 6.07) is 3.24. The van der Waals surface area contributed by atoms with Crippen molar-refractivity contribution in [3.63, 3.8) is 0 Å². The number of hydrogen-bond donors (Lipinski definition) is 1. The molecule has 0 bridgehead atoms. The maximum atomic E-state index is 10.8. The van der Waals surface area contributed by atoms with Gasteiger partial charge in [0, 0.05) is 30.9 Å². The molecule has 0 aromatic carbocycles. The van der Waals surface area contributed by atoms with Crippen LogP contribution in [0.5, 0.6) is 0 Å². The first-order chi connectivity index (χ1) is 6.25. The second-order valence-electron chi connectivity index (χ2n) is 3.24. The fourth-order valence-corrected chi connectivity index (χ4v) is 1.53. The minimum atomic E-state index is -0.343. The van der Waals surface area contributed by atoms with E-state index in [2.05, 4.69) is 0 Å². The van der Waals surface area contributed by atoms with Crippen LogP contribution in [0.1, 0.15) is 12.5 Å². The van der Waals surface area contributed by atoms with Gasteiger partial charge in [-0.25, -0.2) is 0 Å². The van der Waals surface area contributed by atoms with Crippen LogP contribution in [0, 0.1) is 0 Å². The first-order valence-electron chi connectivity index (χ1n) is 4.30. The van der Waals surface area contributed by atoms with Crippen molar-refractivity contribution in [2.75, 3.05) is 0 Å². The van der Waals surface area contributed by atoms with E-state index in [0.29, 0.717) is 6.42 Å². The van der Waals surface area contributed by atoms with Gasteiger partial charge in [0.2, 0.25) is 0 Å². The highest BCUT2D eigenvalue weighted by Crippen LogP contribution is 2.21. The van der Waals surface area contributed by atoms with Gasteiger partial charge in [0.1, 0.15) is 0 Å². The Morgan fingerprint density at radius 3 is 2.54 bits per heavy atom. The van der Waals surface area contributed by atoms with Gasteiger partial charge < -0.3 is 9.67 Å². The molecule has 0 radical (unpaired) electrons. The number of nitrogens with zero attached hydrogens (tertiary/aromatic N) is 1. The van der Waals surface area contributed by atoms with Gasteiger partial charge in [0.25, 0.3) is 0 Å². The van der Waals surface area contributed by atoms with Gasteiger partial charge in [-0.3, -0.25) is 4.79 Å². The Hall–Kier alpha value is -1.35. The van der Waals surface area contributed by atoms with Gasteiger partial charge in [-0.05, 0) is 0 Å². The standard InChI is InChI=1S/C10H11NO2/c12-9-3-5-11(6-4-9)8-1-2-10(13)7-8/h1-6,8,10,13H,7H2. The highest BCUT2D eigenvalue weighted by molar-refractivity contribution is 5.08. The molecule has 13 heavy (non-hydrogen) atoms. The summed E-state index contributed by atoms with van der Waals surface area (Å²) in [7, 11) is 0. The number of pyridine rings is 1. The molecule has 68 valence electrons. The monoisotopic (exact) mass is 177 g/mol. The van der Waals surface area contributed by atoms with E-state index in [-0.39, 0.29) is 17.6 Å². The topological polar surface area (TPSA) is 42.2 Å². The zero-order valence-corrected chi connectivity index (χ0v) is 7.13. The zero-order valence-electron chi connectivity index (χ0n) is 7.13. The number of aliphatic hydroxyl groups is 1. The minimum absolute atomic E-state index is 0.0128. The smallest absolute Gasteiger partial charge is 0.181 e. The molecular formula is C10H11NO2. The summed E-state index contributed by atoms with van der Waals surface area (Å²) >= 11 is 0. The summed E-state index contributed by atoms with van der Waals surface area (Å²) in [5.74, 6) is 0. The minimum Gasteiger partial charge on any atom is -0.389 e. The Kier molecular flexibility index (Phi) is 2.02. The normalized spacial score (nSPS) is 26.5. The Balaban J connectivity index is 2.23. The van der Waals surface area contributed by atoms with Gasteiger partial charge in [-0.1, -0.05) is 12.2 Å². The van der Waals surface area contributed by atoms with Crippen LogP contribution < -0.4 is 5.43 Å². The van der Waals surface area contributed by atoms with Gasteiger partial charge in [0.15, 0.2) is 5.43 Å². The molecule has 0 saturated carbocycles. The van der Waals surface area contributed by atoms with Crippen molar-refractivity contribution in [3.8, 4) is 0 Å². The van der Waals surface area contributed by atoms with Crippen LogP contribution in [-0.4, -0.2) is 15.8 Å². The van der Waals surface area contributed by atoms with Crippen molar-refractivity contribution in [1.82, 2.24) is 4.57 Å². The molecule has 2 unspecified atom stereocenters. The third-order valence-electron chi connectivity index (χ3n) is 2.24.